The van der Waals surface area contributed by atoms with Crippen molar-refractivity contribution in [3.8, 4) is 0 Å². The van der Waals surface area contributed by atoms with Gasteiger partial charge in [0.2, 0.25) is 0 Å². The van der Waals surface area contributed by atoms with Crippen molar-refractivity contribution in [2.75, 3.05) is 0 Å². The van der Waals surface area contributed by atoms with Gasteiger partial charge in [-0.25, -0.2) is 0 Å². The maximum atomic E-state index is 8.56. The van der Waals surface area contributed by atoms with Crippen LogP contribution in [0.1, 0.15) is 0 Å². The summed E-state index contributed by atoms with van der Waals surface area (Å²) in [7, 11) is 0. The van der Waals surface area contributed by atoms with Crippen molar-refractivity contribution in [2.45, 2.75) is 0 Å². The summed E-state index contributed by atoms with van der Waals surface area (Å²) >= 11 is -3.94. The van der Waals surface area contributed by atoms with Gasteiger partial charge in [0, 0.05) is 0 Å². The summed E-state index contributed by atoms with van der Waals surface area (Å²) in [4.78, 5) is 0. The van der Waals surface area contributed by atoms with Crippen LogP contribution in [0.4, 0.5) is 0 Å². The average molecular weight is 332 g/mol. The molecule has 0 atom stereocenters. The van der Waals surface area contributed by atoms with Crippen molar-refractivity contribution in [1.29, 1.82) is 0 Å². The maximum absolute atomic E-state index is 8.56. The fourth-order valence-corrected chi connectivity index (χ4v) is 0. The van der Waals surface area contributed by atoms with Crippen LogP contribution in [0.2, 0.25) is 0 Å². The van der Waals surface area contributed by atoms with E-state index in [1.54, 1.807) is 0 Å². The normalized spacial score (nSPS) is 7.20. The zero-order chi connectivity index (χ0) is 3.58. The quantitative estimate of drug-likeness (QED) is 0.422. The van der Waals surface area contributed by atoms with Crippen LogP contribution in [-0.2, 0) is 0 Å². The summed E-state index contributed by atoms with van der Waals surface area (Å²) in [5.41, 5.74) is 0. The minimum atomic E-state index is -3.94. The van der Waals surface area contributed by atoms with Crippen LogP contribution in [0.3, 0.4) is 0 Å². The Kier molecular flexibility index (Phi) is 10.2. The molecule has 28 valence electrons. The van der Waals surface area contributed by atoms with Crippen molar-refractivity contribution in [3.05, 3.63) is 0 Å². The van der Waals surface area contributed by atoms with E-state index >= 15 is 0 Å². The van der Waals surface area contributed by atoms with E-state index in [1.807, 2.05) is 0 Å². The van der Waals surface area contributed by atoms with Crippen LogP contribution >= 0.6 is 0 Å². The molecule has 0 aliphatic heterocycles. The van der Waals surface area contributed by atoms with Crippen LogP contribution in [-0.4, -0.2) is 41.9 Å². The fourth-order valence-electron chi connectivity index (χ4n) is 0. The summed E-state index contributed by atoms with van der Waals surface area (Å²) in [5, 5.41) is 0. The fraction of sp³-hybridized carbons (Fsp3) is 0. The molecule has 0 spiro atoms. The molecule has 0 amide bonds. The molecular formula is AsBiO3. The molecule has 3 nitrogen and oxygen atoms in total. The first-order valence-corrected chi connectivity index (χ1v) is 2.85. The molecule has 0 aromatic carbocycles. The van der Waals surface area contributed by atoms with Gasteiger partial charge in [0.25, 0.3) is 0 Å². The van der Waals surface area contributed by atoms with Gasteiger partial charge < -0.3 is 0 Å². The van der Waals surface area contributed by atoms with E-state index < -0.39 is 15.7 Å². The van der Waals surface area contributed by atoms with Crippen LogP contribution < -0.4 is 12.3 Å². The molecule has 2 radical (unpaired) electrons. The Hall–Kier alpha value is 1.32. The van der Waals surface area contributed by atoms with Gasteiger partial charge in [-0.3, -0.25) is 0 Å². The van der Waals surface area contributed by atoms with Crippen molar-refractivity contribution in [3.63, 3.8) is 0 Å². The molecule has 0 aliphatic carbocycles. The molecule has 5 heteroatoms. The Morgan fingerprint density at radius 3 is 1.00 bits per heavy atom. The third-order valence-corrected chi connectivity index (χ3v) is 0. The number of rotatable bonds is 0. The molecule has 0 bridgehead atoms. The number of hydrogen-bond acceptors (Lipinski definition) is 3. The Morgan fingerprint density at radius 2 is 1.00 bits per heavy atom. The van der Waals surface area contributed by atoms with Gasteiger partial charge in [-0.15, -0.1) is 0 Å². The predicted octanol–water partition coefficient (Wildman–Crippen LogP) is -4.33. The second kappa shape index (κ2) is 5.32. The summed E-state index contributed by atoms with van der Waals surface area (Å²) in [6.07, 6.45) is 0. The molecule has 0 aliphatic rings. The Bertz CT molecular complexity index is 11.6. The predicted molar refractivity (Wildman–Crippen MR) is 11.5 cm³/mol. The first-order valence-electron chi connectivity index (χ1n) is 0.548. The standard InChI is InChI=1S/AsO3.Bi/c2-1(3)4;/q-3;+3. The van der Waals surface area contributed by atoms with E-state index in [9.17, 15) is 0 Å². The van der Waals surface area contributed by atoms with Crippen LogP contribution in [0.25, 0.3) is 0 Å². The minimum absolute atomic E-state index is 0. The first kappa shape index (κ1) is 9.59. The summed E-state index contributed by atoms with van der Waals surface area (Å²) in [5.74, 6) is 0. The first-order chi connectivity index (χ1) is 1.73. The average Bonchev–Trinajstić information content (AvgIpc) is 0.811. The second-order valence-electron chi connectivity index (χ2n) is 0.224. The van der Waals surface area contributed by atoms with Gasteiger partial charge in [-0.2, -0.15) is 0 Å². The van der Waals surface area contributed by atoms with Gasteiger partial charge in [0.1, 0.15) is 0 Å². The summed E-state index contributed by atoms with van der Waals surface area (Å²) in [6.45, 7) is 0. The van der Waals surface area contributed by atoms with Crippen LogP contribution in [0.5, 0.6) is 0 Å². The van der Waals surface area contributed by atoms with Gasteiger partial charge in [-0.05, 0) is 0 Å². The zero-order valence-corrected chi connectivity index (χ0v) is 7.47. The van der Waals surface area contributed by atoms with Crippen LogP contribution in [0.15, 0.2) is 0 Å². The molecule has 0 fully saturated rings. The summed E-state index contributed by atoms with van der Waals surface area (Å²) < 4.78 is 25.7. The third kappa shape index (κ3) is 33.6. The monoisotopic (exact) mass is 332 g/mol. The van der Waals surface area contributed by atoms with Crippen molar-refractivity contribution < 1.29 is 12.3 Å². The van der Waals surface area contributed by atoms with Crippen molar-refractivity contribution >= 4 is 41.9 Å². The van der Waals surface area contributed by atoms with Gasteiger partial charge in [-0.1, -0.05) is 0 Å². The molecule has 0 rings (SSSR count). The molecule has 0 unspecified atom stereocenters. The molecule has 5 heavy (non-hydrogen) atoms. The van der Waals surface area contributed by atoms with Gasteiger partial charge in [0.05, 0.1) is 0 Å². The van der Waals surface area contributed by atoms with E-state index in [0.717, 1.165) is 0 Å². The topological polar surface area (TPSA) is 69.2 Å². The van der Waals surface area contributed by atoms with Crippen molar-refractivity contribution in [2.24, 2.45) is 0 Å². The third-order valence-electron chi connectivity index (χ3n) is 0. The molecule has 0 heterocycles. The van der Waals surface area contributed by atoms with E-state index in [2.05, 4.69) is 0 Å². The molecule has 0 saturated carbocycles. The van der Waals surface area contributed by atoms with Gasteiger partial charge >= 0.3 is 54.2 Å². The molecule has 0 saturated heterocycles. The molecule has 0 N–H and O–H groups in total. The Labute approximate surface area is 54.1 Å². The van der Waals surface area contributed by atoms with E-state index in [4.69, 9.17) is 12.3 Å². The van der Waals surface area contributed by atoms with E-state index in [0.29, 0.717) is 0 Å². The summed E-state index contributed by atoms with van der Waals surface area (Å²) in [6, 6.07) is 0. The van der Waals surface area contributed by atoms with Crippen LogP contribution in [0, 0.1) is 0 Å². The molecular weight excluding hydrogens is 332 g/mol. The van der Waals surface area contributed by atoms with E-state index in [1.165, 1.54) is 0 Å². The molecule has 0 aromatic rings. The SMILES string of the molecule is [Bi+3].[O-][As]([O-])[O-]. The van der Waals surface area contributed by atoms with Crippen molar-refractivity contribution in [1.82, 2.24) is 0 Å². The molecule has 0 aromatic heterocycles. The number of hydrogen-bond donors (Lipinski definition) is 0. The Morgan fingerprint density at radius 1 is 1.00 bits per heavy atom. The van der Waals surface area contributed by atoms with Gasteiger partial charge in [0.15, 0.2) is 0 Å². The second-order valence-corrected chi connectivity index (χ2v) is 1.16. The zero-order valence-electron chi connectivity index (χ0n) is 2.12. The Balaban J connectivity index is 0. The van der Waals surface area contributed by atoms with E-state index in [-0.39, 0.29) is 26.2 Å².